The molecule has 2 heterocycles. The highest BCUT2D eigenvalue weighted by Crippen LogP contribution is 2.63. The fourth-order valence-corrected chi connectivity index (χ4v) is 8.56. The first-order chi connectivity index (χ1) is 26.1. The Morgan fingerprint density at radius 1 is 0.434 bits per heavy atom. The Morgan fingerprint density at radius 2 is 0.906 bits per heavy atom. The van der Waals surface area contributed by atoms with Gasteiger partial charge in [-0.05, 0) is 120 Å². The SMILES string of the molecule is [C-]#[N+]c1cncc(-c2cccc(-c3ccc4c(c3)C3(c5ccccc5-c5ccccc53)c3cc(-c5cccc(-c6cncc(C#N)c6)c5)ccc3-4)c2)c1. The van der Waals surface area contributed by atoms with Crippen LogP contribution in [0.5, 0.6) is 0 Å². The van der Waals surface area contributed by atoms with Gasteiger partial charge in [-0.1, -0.05) is 109 Å². The van der Waals surface area contributed by atoms with Crippen LogP contribution in [0.2, 0.25) is 0 Å². The molecule has 0 bridgehead atoms. The summed E-state index contributed by atoms with van der Waals surface area (Å²) >= 11 is 0. The Kier molecular flexibility index (Phi) is 6.80. The first-order valence-corrected chi connectivity index (χ1v) is 17.5. The molecular formula is C49H28N4. The number of nitrogens with zero attached hydrogens (tertiary/aromatic N) is 4. The monoisotopic (exact) mass is 672 g/mol. The van der Waals surface area contributed by atoms with E-state index >= 15 is 0 Å². The molecule has 0 N–H and O–H groups in total. The molecular weight excluding hydrogens is 645 g/mol. The number of fused-ring (bicyclic) bond motifs is 10. The van der Waals surface area contributed by atoms with Crippen molar-refractivity contribution in [2.75, 3.05) is 0 Å². The third-order valence-electron chi connectivity index (χ3n) is 10.9. The minimum Gasteiger partial charge on any atom is -0.276 e. The number of hydrogen-bond donors (Lipinski definition) is 0. The summed E-state index contributed by atoms with van der Waals surface area (Å²) in [7, 11) is 0. The van der Waals surface area contributed by atoms with E-state index in [2.05, 4.69) is 154 Å². The fraction of sp³-hybridized carbons (Fsp3) is 0.0204. The summed E-state index contributed by atoms with van der Waals surface area (Å²) in [6.07, 6.45) is 6.83. The molecule has 0 saturated heterocycles. The first-order valence-electron chi connectivity index (χ1n) is 17.5. The normalized spacial score (nSPS) is 12.6. The maximum Gasteiger partial charge on any atom is 0.205 e. The zero-order chi connectivity index (χ0) is 35.5. The van der Waals surface area contributed by atoms with E-state index < -0.39 is 5.41 Å². The molecule has 0 atom stereocenters. The molecule has 0 radical (unpaired) electrons. The molecule has 4 nitrogen and oxygen atoms in total. The third kappa shape index (κ3) is 4.60. The van der Waals surface area contributed by atoms with Gasteiger partial charge in [-0.15, -0.1) is 0 Å². The zero-order valence-electron chi connectivity index (χ0n) is 28.5. The lowest BCUT2D eigenvalue weighted by Gasteiger charge is -2.31. The maximum atomic E-state index is 9.50. The van der Waals surface area contributed by atoms with Crippen LogP contribution in [0.3, 0.4) is 0 Å². The van der Waals surface area contributed by atoms with Crippen LogP contribution in [0.25, 0.3) is 71.6 Å². The molecule has 1 spiro atoms. The van der Waals surface area contributed by atoms with Gasteiger partial charge in [0, 0.05) is 30.4 Å². The minimum atomic E-state index is -0.516. The van der Waals surface area contributed by atoms with Gasteiger partial charge in [0.2, 0.25) is 5.69 Å². The zero-order valence-corrected chi connectivity index (χ0v) is 28.5. The van der Waals surface area contributed by atoms with Crippen molar-refractivity contribution in [1.82, 2.24) is 9.97 Å². The lowest BCUT2D eigenvalue weighted by molar-refractivity contribution is 0.794. The van der Waals surface area contributed by atoms with Crippen LogP contribution in [0.4, 0.5) is 5.69 Å². The van der Waals surface area contributed by atoms with Gasteiger partial charge in [-0.25, -0.2) is 4.85 Å². The summed E-state index contributed by atoms with van der Waals surface area (Å²) in [4.78, 5) is 12.2. The quantitative estimate of drug-likeness (QED) is 0.175. The lowest BCUT2D eigenvalue weighted by Crippen LogP contribution is -2.26. The molecule has 244 valence electrons. The van der Waals surface area contributed by atoms with Crippen molar-refractivity contribution in [3.05, 3.63) is 210 Å². The van der Waals surface area contributed by atoms with Crippen LogP contribution >= 0.6 is 0 Å². The van der Waals surface area contributed by atoms with Crippen molar-refractivity contribution in [1.29, 1.82) is 5.26 Å². The molecule has 10 rings (SSSR count). The molecule has 4 heteroatoms. The van der Waals surface area contributed by atoms with Crippen LogP contribution in [-0.2, 0) is 5.41 Å². The van der Waals surface area contributed by atoms with Crippen LogP contribution in [0.15, 0.2) is 170 Å². The Morgan fingerprint density at radius 3 is 1.45 bits per heavy atom. The first kappa shape index (κ1) is 30.4. The van der Waals surface area contributed by atoms with E-state index in [0.717, 1.165) is 44.5 Å². The molecule has 0 fully saturated rings. The number of benzene rings is 6. The second-order valence-electron chi connectivity index (χ2n) is 13.6. The van der Waals surface area contributed by atoms with E-state index in [1.54, 1.807) is 12.4 Å². The highest BCUT2D eigenvalue weighted by Gasteiger charge is 2.51. The highest BCUT2D eigenvalue weighted by molar-refractivity contribution is 5.97. The van der Waals surface area contributed by atoms with Crippen LogP contribution in [0, 0.1) is 17.9 Å². The summed E-state index contributed by atoms with van der Waals surface area (Å²) in [6.45, 7) is 7.48. The van der Waals surface area contributed by atoms with Gasteiger partial charge in [-0.3, -0.25) is 9.97 Å². The van der Waals surface area contributed by atoms with E-state index in [0.29, 0.717) is 11.3 Å². The second-order valence-corrected chi connectivity index (χ2v) is 13.6. The van der Waals surface area contributed by atoms with Gasteiger partial charge in [0.1, 0.15) is 6.07 Å². The van der Waals surface area contributed by atoms with Crippen LogP contribution < -0.4 is 0 Å². The van der Waals surface area contributed by atoms with E-state index in [1.807, 2.05) is 24.5 Å². The van der Waals surface area contributed by atoms with Gasteiger partial charge in [0.15, 0.2) is 0 Å². The van der Waals surface area contributed by atoms with E-state index in [-0.39, 0.29) is 0 Å². The van der Waals surface area contributed by atoms with Gasteiger partial charge in [-0.2, -0.15) is 5.26 Å². The number of hydrogen-bond acceptors (Lipinski definition) is 3. The number of aromatic nitrogens is 2. The number of rotatable bonds is 4. The number of nitriles is 1. The molecule has 6 aromatic carbocycles. The van der Waals surface area contributed by atoms with Crippen LogP contribution in [-0.4, -0.2) is 9.97 Å². The smallest absolute Gasteiger partial charge is 0.205 e. The van der Waals surface area contributed by atoms with E-state index in [9.17, 15) is 5.26 Å². The topological polar surface area (TPSA) is 53.9 Å². The Labute approximate surface area is 307 Å². The average Bonchev–Trinajstić information content (AvgIpc) is 3.70. The maximum absolute atomic E-state index is 9.50. The van der Waals surface area contributed by atoms with E-state index in [4.69, 9.17) is 6.57 Å². The second kappa shape index (κ2) is 11.8. The largest absolute Gasteiger partial charge is 0.276 e. The molecule has 2 aliphatic carbocycles. The fourth-order valence-electron chi connectivity index (χ4n) is 8.56. The van der Waals surface area contributed by atoms with Crippen molar-refractivity contribution in [2.45, 2.75) is 5.41 Å². The standard InChI is InChI=1S/C49H28N4/c1-51-40-23-39(29-53-30-40)35-11-7-9-33(22-35)37-17-19-44-43-18-16-36(32-8-6-10-34(21-32)38-20-31(26-50)27-52-28-38)24-47(43)49(48(44)25-37)45-14-4-2-12-41(45)42-13-3-5-15-46(42)49/h2-25,27-30H. The Hall–Kier alpha value is -7.40. The molecule has 53 heavy (non-hydrogen) atoms. The lowest BCUT2D eigenvalue weighted by atomic mass is 9.70. The van der Waals surface area contributed by atoms with Gasteiger partial charge in [0.25, 0.3) is 0 Å². The molecule has 0 amide bonds. The predicted octanol–water partition coefficient (Wildman–Crippen LogP) is 11.9. The molecule has 0 unspecified atom stereocenters. The Bertz CT molecular complexity index is 2690. The highest BCUT2D eigenvalue weighted by atomic mass is 14.7. The summed E-state index contributed by atoms with van der Waals surface area (Å²) < 4.78 is 0. The predicted molar refractivity (Wildman–Crippen MR) is 211 cm³/mol. The van der Waals surface area contributed by atoms with E-state index in [1.165, 1.54) is 44.5 Å². The number of pyridine rings is 2. The summed E-state index contributed by atoms with van der Waals surface area (Å²) in [5.41, 5.74) is 19.0. The van der Waals surface area contributed by atoms with Crippen molar-refractivity contribution < 1.29 is 0 Å². The molecule has 2 aromatic heterocycles. The van der Waals surface area contributed by atoms with Crippen molar-refractivity contribution >= 4 is 5.69 Å². The van der Waals surface area contributed by atoms with Gasteiger partial charge < -0.3 is 0 Å². The Balaban J connectivity index is 1.18. The summed E-state index contributed by atoms with van der Waals surface area (Å²) in [5, 5.41) is 9.50. The summed E-state index contributed by atoms with van der Waals surface area (Å²) in [5.74, 6) is 0. The summed E-state index contributed by atoms with van der Waals surface area (Å²) in [6, 6.07) is 54.6. The van der Waals surface area contributed by atoms with Gasteiger partial charge >= 0.3 is 0 Å². The van der Waals surface area contributed by atoms with Crippen molar-refractivity contribution in [3.63, 3.8) is 0 Å². The molecule has 0 aliphatic heterocycles. The molecule has 2 aliphatic rings. The minimum absolute atomic E-state index is 0.516. The van der Waals surface area contributed by atoms with Gasteiger partial charge in [0.05, 0.1) is 17.6 Å². The van der Waals surface area contributed by atoms with Crippen LogP contribution in [0.1, 0.15) is 27.8 Å². The third-order valence-corrected chi connectivity index (χ3v) is 10.9. The van der Waals surface area contributed by atoms with Crippen molar-refractivity contribution in [3.8, 4) is 72.8 Å². The molecule has 8 aromatic rings. The average molecular weight is 673 g/mol. The van der Waals surface area contributed by atoms with Crippen molar-refractivity contribution in [2.24, 2.45) is 0 Å². The molecule has 0 saturated carbocycles.